The van der Waals surface area contributed by atoms with Crippen LogP contribution in [0.15, 0.2) is 27.3 Å². The van der Waals surface area contributed by atoms with Gasteiger partial charge in [-0.15, -0.1) is 11.3 Å². The van der Waals surface area contributed by atoms with Crippen molar-refractivity contribution in [2.24, 2.45) is 5.10 Å². The van der Waals surface area contributed by atoms with E-state index >= 15 is 0 Å². The van der Waals surface area contributed by atoms with Gasteiger partial charge in [0.1, 0.15) is 6.33 Å². The average molecular weight is 289 g/mol. The van der Waals surface area contributed by atoms with Crippen LogP contribution in [0.5, 0.6) is 0 Å². The summed E-state index contributed by atoms with van der Waals surface area (Å²) in [4.78, 5) is 1.06. The van der Waals surface area contributed by atoms with Gasteiger partial charge in [0.25, 0.3) is 0 Å². The fraction of sp³-hybridized carbons (Fsp3) is 0. The van der Waals surface area contributed by atoms with Gasteiger partial charge in [0.2, 0.25) is 4.77 Å². The number of halogens is 1. The Labute approximate surface area is 97.4 Å². The molecule has 1 N–H and O–H groups in total. The summed E-state index contributed by atoms with van der Waals surface area (Å²) in [6.07, 6.45) is 3.27. The summed E-state index contributed by atoms with van der Waals surface area (Å²) < 4.78 is 3.06. The molecule has 4 nitrogen and oxygen atoms in total. The Morgan fingerprint density at radius 3 is 3.07 bits per heavy atom. The van der Waals surface area contributed by atoms with Gasteiger partial charge < -0.3 is 0 Å². The first-order valence-electron chi connectivity index (χ1n) is 3.67. The maximum absolute atomic E-state index is 4.93. The highest BCUT2D eigenvalue weighted by Crippen LogP contribution is 2.20. The van der Waals surface area contributed by atoms with Gasteiger partial charge in [-0.05, 0) is 40.3 Å². The minimum atomic E-state index is 0.483. The summed E-state index contributed by atoms with van der Waals surface area (Å²) in [6, 6.07) is 3.95. The van der Waals surface area contributed by atoms with Gasteiger partial charge in [-0.2, -0.15) is 14.9 Å². The van der Waals surface area contributed by atoms with E-state index in [1.54, 1.807) is 17.6 Å². The monoisotopic (exact) mass is 288 g/mol. The van der Waals surface area contributed by atoms with E-state index in [1.165, 1.54) is 11.0 Å². The molecule has 2 heterocycles. The number of aromatic amines is 1. The van der Waals surface area contributed by atoms with E-state index in [2.05, 4.69) is 31.2 Å². The third-order valence-corrected chi connectivity index (χ3v) is 3.28. The SMILES string of the molecule is S=c1[nH]ncn1/N=C\c1ccc(Br)s1. The van der Waals surface area contributed by atoms with Crippen molar-refractivity contribution in [2.75, 3.05) is 0 Å². The number of hydrogen-bond acceptors (Lipinski definition) is 4. The number of H-pyrrole nitrogens is 1. The molecule has 0 radical (unpaired) electrons. The van der Waals surface area contributed by atoms with Crippen LogP contribution in [0.1, 0.15) is 4.88 Å². The first-order chi connectivity index (χ1) is 6.75. The van der Waals surface area contributed by atoms with Crippen LogP contribution in [0.4, 0.5) is 0 Å². The third-order valence-electron chi connectivity index (χ3n) is 1.44. The Hall–Kier alpha value is -0.790. The number of nitrogens with one attached hydrogen (secondary N) is 1. The van der Waals surface area contributed by atoms with Crippen LogP contribution in [0, 0.1) is 4.77 Å². The second-order valence-electron chi connectivity index (χ2n) is 2.39. The smallest absolute Gasteiger partial charge is 0.216 e. The summed E-state index contributed by atoms with van der Waals surface area (Å²) in [6.45, 7) is 0. The molecule has 0 saturated carbocycles. The van der Waals surface area contributed by atoms with Crippen molar-refractivity contribution in [1.29, 1.82) is 0 Å². The van der Waals surface area contributed by atoms with Crippen molar-refractivity contribution < 1.29 is 0 Å². The topological polar surface area (TPSA) is 46.0 Å². The summed E-state index contributed by atoms with van der Waals surface area (Å²) >= 11 is 9.91. The maximum atomic E-state index is 4.93. The molecular formula is C7H5BrN4S2. The number of rotatable bonds is 2. The molecule has 0 unspecified atom stereocenters. The van der Waals surface area contributed by atoms with Gasteiger partial charge in [0.15, 0.2) is 0 Å². The number of hydrogen-bond donors (Lipinski definition) is 1. The van der Waals surface area contributed by atoms with E-state index in [0.717, 1.165) is 8.66 Å². The predicted molar refractivity (Wildman–Crippen MR) is 62.4 cm³/mol. The van der Waals surface area contributed by atoms with Crippen molar-refractivity contribution in [3.63, 3.8) is 0 Å². The zero-order valence-electron chi connectivity index (χ0n) is 6.85. The lowest BCUT2D eigenvalue weighted by Gasteiger charge is -1.87. The van der Waals surface area contributed by atoms with Crippen molar-refractivity contribution in [3.05, 3.63) is 31.9 Å². The number of thiophene rings is 1. The van der Waals surface area contributed by atoms with Crippen molar-refractivity contribution in [2.45, 2.75) is 0 Å². The van der Waals surface area contributed by atoms with E-state index in [9.17, 15) is 0 Å². The zero-order chi connectivity index (χ0) is 9.97. The fourth-order valence-electron chi connectivity index (χ4n) is 0.841. The second-order valence-corrected chi connectivity index (χ2v) is 5.27. The second kappa shape index (κ2) is 4.16. The molecule has 14 heavy (non-hydrogen) atoms. The average Bonchev–Trinajstić information content (AvgIpc) is 2.72. The molecule has 0 saturated heterocycles. The molecule has 0 aliphatic heterocycles. The third kappa shape index (κ3) is 2.17. The summed E-state index contributed by atoms with van der Waals surface area (Å²) in [5.41, 5.74) is 0. The van der Waals surface area contributed by atoms with Crippen LogP contribution in [0.3, 0.4) is 0 Å². The molecule has 0 aliphatic carbocycles. The molecule has 2 aromatic rings. The summed E-state index contributed by atoms with van der Waals surface area (Å²) in [5.74, 6) is 0. The highest BCUT2D eigenvalue weighted by atomic mass is 79.9. The quantitative estimate of drug-likeness (QED) is 0.682. The highest BCUT2D eigenvalue weighted by Gasteiger charge is 1.93. The predicted octanol–water partition coefficient (Wildman–Crippen LogP) is 2.65. The number of aromatic nitrogens is 3. The molecule has 0 fully saturated rings. The molecule has 0 amide bonds. The van der Waals surface area contributed by atoms with E-state index in [0.29, 0.717) is 4.77 Å². The van der Waals surface area contributed by atoms with Crippen molar-refractivity contribution in [1.82, 2.24) is 14.9 Å². The molecule has 0 aromatic carbocycles. The largest absolute Gasteiger partial charge is 0.250 e. The fourth-order valence-corrected chi connectivity index (χ4v) is 2.28. The van der Waals surface area contributed by atoms with Crippen molar-refractivity contribution >= 4 is 45.7 Å². The zero-order valence-corrected chi connectivity index (χ0v) is 10.1. The van der Waals surface area contributed by atoms with Gasteiger partial charge in [-0.25, -0.2) is 0 Å². The Morgan fingerprint density at radius 1 is 1.64 bits per heavy atom. The van der Waals surface area contributed by atoms with Crippen molar-refractivity contribution in [3.8, 4) is 0 Å². The van der Waals surface area contributed by atoms with Crippen LogP contribution < -0.4 is 0 Å². The molecule has 0 aliphatic rings. The van der Waals surface area contributed by atoms with Crippen LogP contribution in [0.2, 0.25) is 0 Å². The Kier molecular flexibility index (Phi) is 2.90. The van der Waals surface area contributed by atoms with Crippen LogP contribution in [0.25, 0.3) is 0 Å². The minimum absolute atomic E-state index is 0.483. The standard InChI is InChI=1S/C7H5BrN4S2/c8-6-2-1-5(14-6)3-10-12-4-9-11-7(12)13/h1-4H,(H,11,13)/b10-3-. The molecule has 0 bridgehead atoms. The van der Waals surface area contributed by atoms with Crippen LogP contribution in [-0.2, 0) is 0 Å². The molecule has 7 heteroatoms. The molecular weight excluding hydrogens is 284 g/mol. The molecule has 2 rings (SSSR count). The van der Waals surface area contributed by atoms with Gasteiger partial charge in [-0.1, -0.05) is 0 Å². The Balaban J connectivity index is 2.23. The van der Waals surface area contributed by atoms with E-state index in [-0.39, 0.29) is 0 Å². The van der Waals surface area contributed by atoms with Gasteiger partial charge >= 0.3 is 0 Å². The summed E-state index contributed by atoms with van der Waals surface area (Å²) in [5, 5.41) is 10.5. The molecule has 0 atom stereocenters. The maximum Gasteiger partial charge on any atom is 0.216 e. The molecule has 72 valence electrons. The van der Waals surface area contributed by atoms with Gasteiger partial charge in [-0.3, -0.25) is 5.10 Å². The molecule has 2 aromatic heterocycles. The summed E-state index contributed by atoms with van der Waals surface area (Å²) in [7, 11) is 0. The Morgan fingerprint density at radius 2 is 2.50 bits per heavy atom. The van der Waals surface area contributed by atoms with Gasteiger partial charge in [0, 0.05) is 4.88 Å². The van der Waals surface area contributed by atoms with Gasteiger partial charge in [0.05, 0.1) is 10.0 Å². The normalized spacial score (nSPS) is 11.2. The first-order valence-corrected chi connectivity index (χ1v) is 5.69. The van der Waals surface area contributed by atoms with E-state index in [1.807, 2.05) is 12.1 Å². The first kappa shape index (κ1) is 9.75. The lowest BCUT2D eigenvalue weighted by atomic mass is 10.5. The number of nitrogens with zero attached hydrogens (tertiary/aromatic N) is 3. The highest BCUT2D eigenvalue weighted by molar-refractivity contribution is 9.11. The van der Waals surface area contributed by atoms with E-state index in [4.69, 9.17) is 12.2 Å². The molecule has 0 spiro atoms. The lowest BCUT2D eigenvalue weighted by Crippen LogP contribution is -1.86. The van der Waals surface area contributed by atoms with Crippen LogP contribution >= 0.6 is 39.5 Å². The van der Waals surface area contributed by atoms with Crippen LogP contribution in [-0.4, -0.2) is 21.1 Å². The Bertz CT molecular complexity index is 509. The van der Waals surface area contributed by atoms with E-state index < -0.39 is 0 Å². The minimum Gasteiger partial charge on any atom is -0.250 e. The lowest BCUT2D eigenvalue weighted by molar-refractivity contribution is 0.863.